The van der Waals surface area contributed by atoms with Crippen LogP contribution in [0.2, 0.25) is 0 Å². The van der Waals surface area contributed by atoms with Gasteiger partial charge in [0.25, 0.3) is 0 Å². The fraction of sp³-hybridized carbons (Fsp3) is 0.278. The first kappa shape index (κ1) is 16.8. The number of aryl methyl sites for hydroxylation is 1. The molecule has 0 unspecified atom stereocenters. The molecule has 0 aliphatic carbocycles. The van der Waals surface area contributed by atoms with Gasteiger partial charge in [0.1, 0.15) is 5.76 Å². The van der Waals surface area contributed by atoms with Crippen molar-refractivity contribution < 1.29 is 18.8 Å². The largest absolute Gasteiger partial charge is 0.467 e. The van der Waals surface area contributed by atoms with E-state index in [0.29, 0.717) is 24.4 Å². The summed E-state index contributed by atoms with van der Waals surface area (Å²) in [6.45, 7) is 2.71. The molecule has 25 heavy (non-hydrogen) atoms. The standard InChI is InChI=1S/C18H19N3O4/c1-12-6-7-13(10-15(12)21-8-2-5-16(21)22)20-18(24)17(23)19-11-14-4-3-9-25-14/h3-4,6-7,9-10H,2,5,8,11H2,1H3,(H,19,23)(H,20,24). The van der Waals surface area contributed by atoms with Gasteiger partial charge in [0, 0.05) is 24.3 Å². The van der Waals surface area contributed by atoms with E-state index in [1.54, 1.807) is 29.2 Å². The van der Waals surface area contributed by atoms with Crippen LogP contribution in [0.15, 0.2) is 41.0 Å². The second-order valence-corrected chi connectivity index (χ2v) is 5.87. The number of nitrogens with one attached hydrogen (secondary N) is 2. The van der Waals surface area contributed by atoms with Gasteiger partial charge in [-0.1, -0.05) is 6.07 Å². The topological polar surface area (TPSA) is 91.7 Å². The van der Waals surface area contributed by atoms with Gasteiger partial charge in [-0.05, 0) is 43.2 Å². The minimum atomic E-state index is -0.769. The van der Waals surface area contributed by atoms with Crippen molar-refractivity contribution in [3.63, 3.8) is 0 Å². The quantitative estimate of drug-likeness (QED) is 0.832. The molecule has 3 rings (SSSR count). The fourth-order valence-electron chi connectivity index (χ4n) is 2.73. The Morgan fingerprint density at radius 2 is 2.08 bits per heavy atom. The lowest BCUT2D eigenvalue weighted by Gasteiger charge is -2.19. The van der Waals surface area contributed by atoms with Crippen LogP contribution >= 0.6 is 0 Å². The van der Waals surface area contributed by atoms with Crippen molar-refractivity contribution in [2.75, 3.05) is 16.8 Å². The van der Waals surface area contributed by atoms with E-state index in [9.17, 15) is 14.4 Å². The summed E-state index contributed by atoms with van der Waals surface area (Å²) in [6, 6.07) is 8.65. The second kappa shape index (κ2) is 7.21. The van der Waals surface area contributed by atoms with Crippen molar-refractivity contribution in [2.45, 2.75) is 26.3 Å². The first-order valence-corrected chi connectivity index (χ1v) is 8.07. The molecule has 1 aliphatic rings. The van der Waals surface area contributed by atoms with Crippen LogP contribution < -0.4 is 15.5 Å². The highest BCUT2D eigenvalue weighted by Gasteiger charge is 2.23. The predicted molar refractivity (Wildman–Crippen MR) is 92.0 cm³/mol. The third kappa shape index (κ3) is 3.88. The fourth-order valence-corrected chi connectivity index (χ4v) is 2.73. The van der Waals surface area contributed by atoms with Gasteiger partial charge in [-0.25, -0.2) is 0 Å². The number of furan rings is 1. The molecule has 2 N–H and O–H groups in total. The Morgan fingerprint density at radius 1 is 1.24 bits per heavy atom. The van der Waals surface area contributed by atoms with E-state index in [-0.39, 0.29) is 12.5 Å². The van der Waals surface area contributed by atoms with Gasteiger partial charge >= 0.3 is 11.8 Å². The van der Waals surface area contributed by atoms with Crippen LogP contribution in [0.3, 0.4) is 0 Å². The van der Waals surface area contributed by atoms with Gasteiger partial charge in [-0.15, -0.1) is 0 Å². The molecule has 1 aliphatic heterocycles. The molecule has 1 saturated heterocycles. The van der Waals surface area contributed by atoms with E-state index >= 15 is 0 Å². The highest BCUT2D eigenvalue weighted by molar-refractivity contribution is 6.39. The first-order chi connectivity index (χ1) is 12.0. The zero-order valence-electron chi connectivity index (χ0n) is 13.9. The summed E-state index contributed by atoms with van der Waals surface area (Å²) in [5.74, 6) is -0.890. The molecule has 0 saturated carbocycles. The second-order valence-electron chi connectivity index (χ2n) is 5.87. The van der Waals surface area contributed by atoms with Crippen molar-refractivity contribution in [3.8, 4) is 0 Å². The summed E-state index contributed by atoms with van der Waals surface area (Å²) in [5.41, 5.74) is 2.17. The number of rotatable bonds is 4. The molecular formula is C18H19N3O4. The van der Waals surface area contributed by atoms with E-state index < -0.39 is 11.8 Å². The molecular weight excluding hydrogens is 322 g/mol. The van der Waals surface area contributed by atoms with Crippen LogP contribution in [-0.4, -0.2) is 24.3 Å². The Hall–Kier alpha value is -3.09. The van der Waals surface area contributed by atoms with Crippen LogP contribution in [0, 0.1) is 6.92 Å². The van der Waals surface area contributed by atoms with E-state index in [0.717, 1.165) is 17.7 Å². The van der Waals surface area contributed by atoms with Crippen LogP contribution in [0.5, 0.6) is 0 Å². The molecule has 1 aromatic heterocycles. The van der Waals surface area contributed by atoms with Gasteiger partial charge < -0.3 is 20.0 Å². The zero-order chi connectivity index (χ0) is 17.8. The minimum absolute atomic E-state index is 0.0720. The van der Waals surface area contributed by atoms with Gasteiger partial charge in [-0.2, -0.15) is 0 Å². The van der Waals surface area contributed by atoms with Crippen molar-refractivity contribution in [1.29, 1.82) is 0 Å². The number of amides is 3. The number of anilines is 2. The maximum Gasteiger partial charge on any atom is 0.313 e. The van der Waals surface area contributed by atoms with Crippen LogP contribution in [0.25, 0.3) is 0 Å². The normalized spacial score (nSPS) is 13.8. The molecule has 3 amide bonds. The van der Waals surface area contributed by atoms with E-state index in [1.165, 1.54) is 6.26 Å². The average molecular weight is 341 g/mol. The smallest absolute Gasteiger partial charge is 0.313 e. The molecule has 0 spiro atoms. The van der Waals surface area contributed by atoms with Crippen LogP contribution in [0.4, 0.5) is 11.4 Å². The molecule has 0 radical (unpaired) electrons. The lowest BCUT2D eigenvalue weighted by molar-refractivity contribution is -0.136. The van der Waals surface area contributed by atoms with Gasteiger partial charge in [0.2, 0.25) is 5.91 Å². The molecule has 130 valence electrons. The summed E-state index contributed by atoms with van der Waals surface area (Å²) < 4.78 is 5.09. The average Bonchev–Trinajstić information content (AvgIpc) is 3.26. The van der Waals surface area contributed by atoms with Crippen molar-refractivity contribution in [3.05, 3.63) is 47.9 Å². The van der Waals surface area contributed by atoms with E-state index in [4.69, 9.17) is 4.42 Å². The Bertz CT molecular complexity index is 799. The third-order valence-electron chi connectivity index (χ3n) is 4.04. The lowest BCUT2D eigenvalue weighted by atomic mass is 10.1. The van der Waals surface area contributed by atoms with Crippen molar-refractivity contribution in [2.24, 2.45) is 0 Å². The molecule has 1 fully saturated rings. The number of carbonyl (C=O) groups excluding carboxylic acids is 3. The number of hydrogen-bond acceptors (Lipinski definition) is 4. The number of hydrogen-bond donors (Lipinski definition) is 2. The summed E-state index contributed by atoms with van der Waals surface area (Å²) in [6.07, 6.45) is 2.85. The molecule has 0 bridgehead atoms. The maximum atomic E-state index is 12.0. The molecule has 7 nitrogen and oxygen atoms in total. The van der Waals surface area contributed by atoms with E-state index in [2.05, 4.69) is 10.6 Å². The number of carbonyl (C=O) groups is 3. The highest BCUT2D eigenvalue weighted by Crippen LogP contribution is 2.28. The molecule has 7 heteroatoms. The van der Waals surface area contributed by atoms with Crippen molar-refractivity contribution >= 4 is 29.1 Å². The van der Waals surface area contributed by atoms with Crippen LogP contribution in [0.1, 0.15) is 24.2 Å². The third-order valence-corrected chi connectivity index (χ3v) is 4.04. The van der Waals surface area contributed by atoms with Crippen molar-refractivity contribution in [1.82, 2.24) is 5.32 Å². The summed E-state index contributed by atoms with van der Waals surface area (Å²) in [7, 11) is 0. The van der Waals surface area contributed by atoms with Gasteiger partial charge in [-0.3, -0.25) is 14.4 Å². The van der Waals surface area contributed by atoms with Crippen LogP contribution in [-0.2, 0) is 20.9 Å². The predicted octanol–water partition coefficient (Wildman–Crippen LogP) is 1.97. The first-order valence-electron chi connectivity index (χ1n) is 8.07. The van der Waals surface area contributed by atoms with Gasteiger partial charge in [0.05, 0.1) is 12.8 Å². The molecule has 2 heterocycles. The minimum Gasteiger partial charge on any atom is -0.467 e. The Morgan fingerprint density at radius 3 is 2.76 bits per heavy atom. The van der Waals surface area contributed by atoms with E-state index in [1.807, 2.05) is 13.0 Å². The molecule has 0 atom stereocenters. The lowest BCUT2D eigenvalue weighted by Crippen LogP contribution is -2.35. The zero-order valence-corrected chi connectivity index (χ0v) is 13.9. The summed E-state index contributed by atoms with van der Waals surface area (Å²) >= 11 is 0. The maximum absolute atomic E-state index is 12.0. The molecule has 1 aromatic carbocycles. The Labute approximate surface area is 145 Å². The Kier molecular flexibility index (Phi) is 4.83. The SMILES string of the molecule is Cc1ccc(NC(=O)C(=O)NCc2ccco2)cc1N1CCCC1=O. The summed E-state index contributed by atoms with van der Waals surface area (Å²) in [5, 5.41) is 5.04. The van der Waals surface area contributed by atoms with Gasteiger partial charge in [0.15, 0.2) is 0 Å². The Balaban J connectivity index is 1.64. The summed E-state index contributed by atoms with van der Waals surface area (Å²) in [4.78, 5) is 37.5. The highest BCUT2D eigenvalue weighted by atomic mass is 16.3. The molecule has 2 aromatic rings. The number of nitrogens with zero attached hydrogens (tertiary/aromatic N) is 1. The number of benzene rings is 1. The monoisotopic (exact) mass is 341 g/mol.